The van der Waals surface area contributed by atoms with E-state index in [-0.39, 0.29) is 6.03 Å². The van der Waals surface area contributed by atoms with Gasteiger partial charge in [0.15, 0.2) is 0 Å². The maximum absolute atomic E-state index is 12.4. The molecule has 1 saturated heterocycles. The molecule has 0 radical (unpaired) electrons. The minimum absolute atomic E-state index is 0.352. The summed E-state index contributed by atoms with van der Waals surface area (Å²) in [7, 11) is 0. The number of nitrogens with one attached hydrogen (secondary N) is 1. The van der Waals surface area contributed by atoms with Crippen molar-refractivity contribution in [3.8, 4) is 6.07 Å². The van der Waals surface area contributed by atoms with Crippen LogP contribution in [0.1, 0.15) is 30.0 Å². The summed E-state index contributed by atoms with van der Waals surface area (Å²) in [5.74, 6) is 0. The quantitative estimate of drug-likeness (QED) is 0.771. The molecule has 6 heteroatoms. The van der Waals surface area contributed by atoms with Gasteiger partial charge in [-0.25, -0.2) is 4.79 Å². The van der Waals surface area contributed by atoms with Crippen LogP contribution in [0.25, 0.3) is 0 Å². The van der Waals surface area contributed by atoms with Crippen molar-refractivity contribution in [2.24, 2.45) is 0 Å². The average molecular weight is 303 g/mol. The monoisotopic (exact) mass is 303 g/mol. The minimum atomic E-state index is -0.799. The Hall–Kier alpha value is -2.10. The molecule has 1 aromatic carbocycles. The fraction of sp³-hybridized carbons (Fsp3) is 0.500. The number of urea groups is 1. The third-order valence-corrected chi connectivity index (χ3v) is 4.32. The summed E-state index contributed by atoms with van der Waals surface area (Å²) in [6.07, 6.45) is -1.06. The van der Waals surface area contributed by atoms with Gasteiger partial charge in [-0.1, -0.05) is 0 Å². The second kappa shape index (κ2) is 6.34. The molecule has 1 fully saturated rings. The maximum atomic E-state index is 12.4. The van der Waals surface area contributed by atoms with Crippen LogP contribution >= 0.6 is 0 Å². The lowest BCUT2D eigenvalue weighted by Gasteiger charge is -2.29. The van der Waals surface area contributed by atoms with E-state index in [9.17, 15) is 15.0 Å². The molecule has 2 rings (SSSR count). The van der Waals surface area contributed by atoms with E-state index in [0.29, 0.717) is 24.2 Å². The number of carbonyl (C=O) groups excluding carboxylic acids is 1. The van der Waals surface area contributed by atoms with Crippen LogP contribution in [0.15, 0.2) is 12.1 Å². The smallest absolute Gasteiger partial charge is 0.322 e. The summed E-state index contributed by atoms with van der Waals surface area (Å²) in [4.78, 5) is 13.9. The number of aliphatic hydroxyl groups excluding tert-OH is 2. The molecule has 1 aliphatic heterocycles. The molecule has 1 heterocycles. The molecule has 0 saturated carbocycles. The third kappa shape index (κ3) is 2.91. The van der Waals surface area contributed by atoms with Gasteiger partial charge < -0.3 is 20.4 Å². The fourth-order valence-electron chi connectivity index (χ4n) is 2.88. The molecule has 22 heavy (non-hydrogen) atoms. The van der Waals surface area contributed by atoms with Gasteiger partial charge in [0.1, 0.15) is 0 Å². The Morgan fingerprint density at radius 3 is 2.73 bits per heavy atom. The van der Waals surface area contributed by atoms with Crippen molar-refractivity contribution in [3.05, 3.63) is 28.8 Å². The Morgan fingerprint density at radius 2 is 2.14 bits per heavy atom. The van der Waals surface area contributed by atoms with E-state index in [4.69, 9.17) is 5.26 Å². The average Bonchev–Trinajstić information content (AvgIpc) is 2.86. The van der Waals surface area contributed by atoms with Crippen molar-refractivity contribution in [3.63, 3.8) is 0 Å². The number of amides is 2. The van der Waals surface area contributed by atoms with Crippen LogP contribution in [-0.2, 0) is 0 Å². The van der Waals surface area contributed by atoms with Gasteiger partial charge in [-0.05, 0) is 50.5 Å². The number of hydrogen-bond acceptors (Lipinski definition) is 4. The molecule has 0 spiro atoms. The zero-order valence-corrected chi connectivity index (χ0v) is 13.0. The lowest BCUT2D eigenvalue weighted by molar-refractivity contribution is 0.0387. The highest BCUT2D eigenvalue weighted by molar-refractivity contribution is 5.91. The normalized spacial score (nSPS) is 22.3. The number of hydrogen-bond donors (Lipinski definition) is 3. The number of nitrogens with zero attached hydrogens (tertiary/aromatic N) is 2. The fourth-order valence-corrected chi connectivity index (χ4v) is 2.88. The standard InChI is InChI=1S/C16H21N3O3/c1-9-10(2)13(5-4-12(9)8-17)18-16(22)19-7-6-14(21)15(19)11(3)20/h4-5,11,14-15,20-21H,6-7H2,1-3H3,(H,18,22)/t11-,14-,15+/m0/s1. The van der Waals surface area contributed by atoms with E-state index in [1.54, 1.807) is 19.1 Å². The van der Waals surface area contributed by atoms with E-state index >= 15 is 0 Å². The van der Waals surface area contributed by atoms with E-state index in [1.165, 1.54) is 4.90 Å². The van der Waals surface area contributed by atoms with Crippen molar-refractivity contribution in [2.45, 2.75) is 45.4 Å². The first kappa shape index (κ1) is 16.3. The van der Waals surface area contributed by atoms with Crippen LogP contribution in [0, 0.1) is 25.2 Å². The van der Waals surface area contributed by atoms with Gasteiger partial charge in [0, 0.05) is 12.2 Å². The van der Waals surface area contributed by atoms with Crippen molar-refractivity contribution >= 4 is 11.7 Å². The first-order valence-electron chi connectivity index (χ1n) is 7.31. The largest absolute Gasteiger partial charge is 0.391 e. The first-order valence-corrected chi connectivity index (χ1v) is 7.31. The molecule has 0 aromatic heterocycles. The summed E-state index contributed by atoms with van der Waals surface area (Å²) >= 11 is 0. The van der Waals surface area contributed by atoms with Gasteiger partial charge in [0.05, 0.1) is 29.9 Å². The molecule has 6 nitrogen and oxygen atoms in total. The van der Waals surface area contributed by atoms with E-state index in [0.717, 1.165) is 11.1 Å². The van der Waals surface area contributed by atoms with Crippen LogP contribution in [0.4, 0.5) is 10.5 Å². The maximum Gasteiger partial charge on any atom is 0.322 e. The van der Waals surface area contributed by atoms with Gasteiger partial charge in [0.2, 0.25) is 0 Å². The molecule has 1 aliphatic rings. The second-order valence-corrected chi connectivity index (χ2v) is 5.73. The van der Waals surface area contributed by atoms with Crippen molar-refractivity contribution in [1.82, 2.24) is 4.90 Å². The predicted octanol–water partition coefficient (Wildman–Crippen LogP) is 1.52. The Labute approximate surface area is 130 Å². The molecular formula is C16H21N3O3. The zero-order valence-electron chi connectivity index (χ0n) is 13.0. The van der Waals surface area contributed by atoms with E-state index < -0.39 is 18.2 Å². The Kier molecular flexibility index (Phi) is 4.69. The number of rotatable bonds is 2. The molecule has 1 aromatic rings. The topological polar surface area (TPSA) is 96.6 Å². The van der Waals surface area contributed by atoms with E-state index in [1.807, 2.05) is 13.8 Å². The van der Waals surface area contributed by atoms with Gasteiger partial charge in [-0.15, -0.1) is 0 Å². The number of aliphatic hydroxyl groups is 2. The third-order valence-electron chi connectivity index (χ3n) is 4.32. The molecular weight excluding hydrogens is 282 g/mol. The molecule has 118 valence electrons. The highest BCUT2D eigenvalue weighted by atomic mass is 16.3. The predicted molar refractivity (Wildman–Crippen MR) is 82.4 cm³/mol. The zero-order chi connectivity index (χ0) is 16.4. The summed E-state index contributed by atoms with van der Waals surface area (Å²) in [6, 6.07) is 4.53. The highest BCUT2D eigenvalue weighted by Crippen LogP contribution is 2.25. The van der Waals surface area contributed by atoms with Crippen LogP contribution in [0.5, 0.6) is 0 Å². The molecule has 2 amide bonds. The Balaban J connectivity index is 2.20. The second-order valence-electron chi connectivity index (χ2n) is 5.73. The number of nitriles is 1. The molecule has 0 aliphatic carbocycles. The Morgan fingerprint density at radius 1 is 1.45 bits per heavy atom. The summed E-state index contributed by atoms with van der Waals surface area (Å²) in [5, 5.41) is 31.5. The van der Waals surface area contributed by atoms with Crippen LogP contribution in [0.3, 0.4) is 0 Å². The van der Waals surface area contributed by atoms with Crippen molar-refractivity contribution in [2.75, 3.05) is 11.9 Å². The van der Waals surface area contributed by atoms with Crippen LogP contribution in [0.2, 0.25) is 0 Å². The van der Waals surface area contributed by atoms with Gasteiger partial charge in [-0.2, -0.15) is 5.26 Å². The number of likely N-dealkylation sites (tertiary alicyclic amines) is 1. The highest BCUT2D eigenvalue weighted by Gasteiger charge is 2.39. The number of carbonyl (C=O) groups is 1. The summed E-state index contributed by atoms with van der Waals surface area (Å²) in [6.45, 7) is 5.64. The summed E-state index contributed by atoms with van der Waals surface area (Å²) in [5.41, 5.74) is 2.87. The van der Waals surface area contributed by atoms with Crippen molar-refractivity contribution < 1.29 is 15.0 Å². The molecule has 3 N–H and O–H groups in total. The number of benzene rings is 1. The van der Waals surface area contributed by atoms with Gasteiger partial charge >= 0.3 is 6.03 Å². The molecule has 0 unspecified atom stereocenters. The van der Waals surface area contributed by atoms with Crippen LogP contribution < -0.4 is 5.32 Å². The van der Waals surface area contributed by atoms with E-state index in [2.05, 4.69) is 11.4 Å². The summed E-state index contributed by atoms with van der Waals surface area (Å²) < 4.78 is 0. The lowest BCUT2D eigenvalue weighted by atomic mass is 10.0. The Bertz CT molecular complexity index is 622. The minimum Gasteiger partial charge on any atom is -0.391 e. The molecule has 3 atom stereocenters. The molecule has 0 bridgehead atoms. The SMILES string of the molecule is Cc1c(C#N)ccc(NC(=O)N2CC[C@H](O)[C@H]2[C@H](C)O)c1C. The lowest BCUT2D eigenvalue weighted by Crippen LogP contribution is -2.47. The first-order chi connectivity index (χ1) is 10.4. The number of anilines is 1. The van der Waals surface area contributed by atoms with Gasteiger partial charge in [-0.3, -0.25) is 0 Å². The van der Waals surface area contributed by atoms with Crippen molar-refractivity contribution in [1.29, 1.82) is 5.26 Å². The van der Waals surface area contributed by atoms with Crippen LogP contribution in [-0.4, -0.2) is 45.9 Å². The van der Waals surface area contributed by atoms with Gasteiger partial charge in [0.25, 0.3) is 0 Å².